The molecule has 0 spiro atoms. The molecule has 27 heavy (non-hydrogen) atoms. The van der Waals surface area contributed by atoms with Gasteiger partial charge in [-0.15, -0.1) is 0 Å². The minimum absolute atomic E-state index is 0.0440. The molecule has 1 fully saturated rings. The number of fused-ring (bicyclic) bond motifs is 3. The number of imidazole rings is 1. The maximum atomic E-state index is 12.9. The third-order valence-electron chi connectivity index (χ3n) is 5.42. The summed E-state index contributed by atoms with van der Waals surface area (Å²) in [5.41, 5.74) is 2.52. The molecule has 0 aliphatic heterocycles. The van der Waals surface area contributed by atoms with Gasteiger partial charge in [0.25, 0.3) is 5.91 Å². The van der Waals surface area contributed by atoms with E-state index >= 15 is 0 Å². The minimum Gasteiger partial charge on any atom is -0.347 e. The molecule has 3 aromatic rings. The molecule has 1 aliphatic rings. The third kappa shape index (κ3) is 3.16. The van der Waals surface area contributed by atoms with Gasteiger partial charge in [0.2, 0.25) is 0 Å². The van der Waals surface area contributed by atoms with Crippen molar-refractivity contribution in [1.82, 2.24) is 24.8 Å². The van der Waals surface area contributed by atoms with Crippen LogP contribution < -0.4 is 5.32 Å². The van der Waals surface area contributed by atoms with Crippen LogP contribution in [0, 0.1) is 17.2 Å². The molecule has 0 radical (unpaired) electrons. The molecule has 3 heterocycles. The second-order valence-corrected chi connectivity index (χ2v) is 7.70. The van der Waals surface area contributed by atoms with Crippen molar-refractivity contribution in [2.75, 3.05) is 0 Å². The lowest BCUT2D eigenvalue weighted by atomic mass is 9.84. The molecule has 7 heteroatoms. The maximum absolute atomic E-state index is 12.9. The zero-order valence-corrected chi connectivity index (χ0v) is 15.7. The van der Waals surface area contributed by atoms with Crippen LogP contribution in [0.25, 0.3) is 22.1 Å². The van der Waals surface area contributed by atoms with Crippen LogP contribution in [0.2, 0.25) is 0 Å². The van der Waals surface area contributed by atoms with Crippen LogP contribution in [-0.4, -0.2) is 31.5 Å². The van der Waals surface area contributed by atoms with Gasteiger partial charge in [-0.25, -0.2) is 9.97 Å². The van der Waals surface area contributed by atoms with E-state index < -0.39 is 0 Å². The lowest BCUT2D eigenvalue weighted by Crippen LogP contribution is -2.33. The summed E-state index contributed by atoms with van der Waals surface area (Å²) in [4.78, 5) is 25.1. The first-order valence-corrected chi connectivity index (χ1v) is 9.60. The average Bonchev–Trinajstić information content (AvgIpc) is 3.26. The quantitative estimate of drug-likeness (QED) is 0.737. The largest absolute Gasteiger partial charge is 0.347 e. The molecular weight excluding hydrogens is 340 g/mol. The molecule has 1 amide bonds. The molecule has 0 aromatic carbocycles. The van der Waals surface area contributed by atoms with Gasteiger partial charge in [-0.05, 0) is 51.5 Å². The lowest BCUT2D eigenvalue weighted by molar-refractivity contribution is 0.0924. The Kier molecular flexibility index (Phi) is 4.56. The van der Waals surface area contributed by atoms with Gasteiger partial charge < -0.3 is 14.9 Å². The predicted molar refractivity (Wildman–Crippen MR) is 103 cm³/mol. The van der Waals surface area contributed by atoms with Gasteiger partial charge >= 0.3 is 0 Å². The van der Waals surface area contributed by atoms with E-state index in [2.05, 4.69) is 30.9 Å². The van der Waals surface area contributed by atoms with Gasteiger partial charge in [0.1, 0.15) is 11.2 Å². The number of nitriles is 1. The molecule has 3 aromatic heterocycles. The number of amides is 1. The monoisotopic (exact) mass is 364 g/mol. The lowest BCUT2D eigenvalue weighted by Gasteiger charge is -2.29. The van der Waals surface area contributed by atoms with E-state index in [0.717, 1.165) is 47.8 Å². The highest BCUT2D eigenvalue weighted by Gasteiger charge is 2.29. The number of nitrogens with one attached hydrogen (secondary N) is 2. The van der Waals surface area contributed by atoms with E-state index in [9.17, 15) is 4.79 Å². The van der Waals surface area contributed by atoms with Crippen LogP contribution in [0.4, 0.5) is 0 Å². The summed E-state index contributed by atoms with van der Waals surface area (Å²) >= 11 is 0. The summed E-state index contributed by atoms with van der Waals surface area (Å²) in [6, 6.07) is 4.54. The summed E-state index contributed by atoms with van der Waals surface area (Å²) in [5, 5.41) is 12.9. The first-order valence-electron chi connectivity index (χ1n) is 9.60. The fraction of sp³-hybridized carbons (Fsp3) is 0.500. The van der Waals surface area contributed by atoms with E-state index in [1.54, 1.807) is 6.20 Å². The fourth-order valence-electron chi connectivity index (χ4n) is 4.17. The maximum Gasteiger partial charge on any atom is 0.287 e. The summed E-state index contributed by atoms with van der Waals surface area (Å²) in [5.74, 6) is 0.768. The standard InChI is InChI=1S/C20H24N6O/c1-12(2)24-20(27)19-25-16-11-23-18-15(8-10-22-18)17(16)26(19)14-5-3-13(4-6-14)7-9-21/h8,10-14H,3-7H2,1-2H3,(H,22,23)(H,24,27)/t13-,14-. The molecule has 2 N–H and O–H groups in total. The van der Waals surface area contributed by atoms with Crippen LogP contribution in [0.5, 0.6) is 0 Å². The van der Waals surface area contributed by atoms with E-state index in [4.69, 9.17) is 5.26 Å². The molecular formula is C20H24N6O. The van der Waals surface area contributed by atoms with Crippen molar-refractivity contribution < 1.29 is 4.79 Å². The Hall–Kier alpha value is -2.88. The fourth-order valence-corrected chi connectivity index (χ4v) is 4.17. The Morgan fingerprint density at radius 3 is 2.89 bits per heavy atom. The van der Waals surface area contributed by atoms with Crippen molar-refractivity contribution in [3.8, 4) is 6.07 Å². The Labute approximate surface area is 157 Å². The third-order valence-corrected chi connectivity index (χ3v) is 5.42. The molecule has 4 rings (SSSR count). The van der Waals surface area contributed by atoms with E-state index in [-0.39, 0.29) is 18.0 Å². The zero-order chi connectivity index (χ0) is 19.0. The Bertz CT molecular complexity index is 1020. The minimum atomic E-state index is -0.149. The number of carbonyl (C=O) groups is 1. The average molecular weight is 364 g/mol. The normalized spacial score (nSPS) is 20.2. The Balaban J connectivity index is 1.81. The number of carbonyl (C=O) groups excluding carboxylic acids is 1. The number of aromatic nitrogens is 4. The van der Waals surface area contributed by atoms with Gasteiger partial charge in [-0.1, -0.05) is 0 Å². The number of hydrogen-bond donors (Lipinski definition) is 2. The molecule has 0 unspecified atom stereocenters. The van der Waals surface area contributed by atoms with Crippen molar-refractivity contribution in [3.63, 3.8) is 0 Å². The highest BCUT2D eigenvalue weighted by atomic mass is 16.2. The topological polar surface area (TPSA) is 99.4 Å². The van der Waals surface area contributed by atoms with Crippen molar-refractivity contribution in [2.24, 2.45) is 5.92 Å². The van der Waals surface area contributed by atoms with Crippen molar-refractivity contribution in [1.29, 1.82) is 5.26 Å². The molecule has 0 bridgehead atoms. The summed E-state index contributed by atoms with van der Waals surface area (Å²) in [6.45, 7) is 3.90. The van der Waals surface area contributed by atoms with Crippen molar-refractivity contribution in [3.05, 3.63) is 24.3 Å². The highest BCUT2D eigenvalue weighted by Crippen LogP contribution is 2.37. The van der Waals surface area contributed by atoms with Gasteiger partial charge in [0.15, 0.2) is 5.82 Å². The number of nitrogens with zero attached hydrogens (tertiary/aromatic N) is 4. The zero-order valence-electron chi connectivity index (χ0n) is 15.7. The van der Waals surface area contributed by atoms with Crippen molar-refractivity contribution in [2.45, 2.75) is 58.0 Å². The Morgan fingerprint density at radius 1 is 1.41 bits per heavy atom. The number of H-pyrrole nitrogens is 1. The summed E-state index contributed by atoms with van der Waals surface area (Å²) in [7, 11) is 0. The summed E-state index contributed by atoms with van der Waals surface area (Å²) < 4.78 is 2.12. The van der Waals surface area contributed by atoms with E-state index in [0.29, 0.717) is 18.2 Å². The second-order valence-electron chi connectivity index (χ2n) is 7.70. The van der Waals surface area contributed by atoms with Crippen LogP contribution >= 0.6 is 0 Å². The number of rotatable bonds is 4. The van der Waals surface area contributed by atoms with Crippen LogP contribution in [0.1, 0.15) is 62.6 Å². The molecule has 1 aliphatic carbocycles. The first kappa shape index (κ1) is 17.5. The van der Waals surface area contributed by atoms with Crippen LogP contribution in [0.15, 0.2) is 18.5 Å². The number of hydrogen-bond acceptors (Lipinski definition) is 4. The first-order chi connectivity index (χ1) is 13.1. The van der Waals surface area contributed by atoms with E-state index in [1.165, 1.54) is 0 Å². The molecule has 0 saturated heterocycles. The van der Waals surface area contributed by atoms with Crippen LogP contribution in [0.3, 0.4) is 0 Å². The van der Waals surface area contributed by atoms with Crippen LogP contribution in [-0.2, 0) is 0 Å². The van der Waals surface area contributed by atoms with Crippen molar-refractivity contribution >= 4 is 28.0 Å². The van der Waals surface area contributed by atoms with E-state index in [1.807, 2.05) is 26.1 Å². The molecule has 0 atom stereocenters. The second kappa shape index (κ2) is 7.03. The van der Waals surface area contributed by atoms with Gasteiger partial charge in [0, 0.05) is 30.1 Å². The summed E-state index contributed by atoms with van der Waals surface area (Å²) in [6.07, 6.45) is 8.13. The number of aromatic amines is 1. The molecule has 140 valence electrons. The predicted octanol–water partition coefficient (Wildman–Crippen LogP) is 3.70. The Morgan fingerprint density at radius 2 is 2.19 bits per heavy atom. The van der Waals surface area contributed by atoms with Gasteiger partial charge in [-0.2, -0.15) is 5.26 Å². The number of pyridine rings is 1. The molecule has 1 saturated carbocycles. The van der Waals surface area contributed by atoms with Gasteiger partial charge in [0.05, 0.1) is 17.8 Å². The highest BCUT2D eigenvalue weighted by molar-refractivity contribution is 6.04. The van der Waals surface area contributed by atoms with Gasteiger partial charge in [-0.3, -0.25) is 4.79 Å². The molecule has 7 nitrogen and oxygen atoms in total. The smallest absolute Gasteiger partial charge is 0.287 e. The SMILES string of the molecule is CC(C)NC(=O)c1nc2cnc3[nH]ccc3c2n1[C@H]1CC[C@H](CC#N)CC1.